The Bertz CT molecular complexity index is 379. The second kappa shape index (κ2) is 3.98. The normalized spacial score (nSPS) is 19.1. The SMILES string of the molecule is COc1cccc2c1CC(CC(C)(C)O)O2. The van der Waals surface area contributed by atoms with E-state index in [1.165, 1.54) is 0 Å². The number of aliphatic hydroxyl groups is 1. The average Bonchev–Trinajstić information content (AvgIpc) is 2.56. The van der Waals surface area contributed by atoms with E-state index in [0.29, 0.717) is 6.42 Å². The molecule has 3 heteroatoms. The Kier molecular flexibility index (Phi) is 2.80. The molecular formula is C13H18O3. The highest BCUT2D eigenvalue weighted by Gasteiger charge is 2.30. The Morgan fingerprint density at radius 3 is 2.88 bits per heavy atom. The first-order chi connectivity index (χ1) is 7.49. The second-order valence-corrected chi connectivity index (χ2v) is 4.90. The van der Waals surface area contributed by atoms with E-state index < -0.39 is 5.60 Å². The predicted molar refractivity (Wildman–Crippen MR) is 62.0 cm³/mol. The minimum atomic E-state index is -0.694. The zero-order chi connectivity index (χ0) is 11.8. The van der Waals surface area contributed by atoms with E-state index in [1.54, 1.807) is 21.0 Å². The van der Waals surface area contributed by atoms with E-state index in [4.69, 9.17) is 9.47 Å². The van der Waals surface area contributed by atoms with E-state index >= 15 is 0 Å². The van der Waals surface area contributed by atoms with Crippen molar-refractivity contribution >= 4 is 0 Å². The quantitative estimate of drug-likeness (QED) is 0.851. The third kappa shape index (κ3) is 2.30. The van der Waals surface area contributed by atoms with Crippen molar-refractivity contribution in [3.8, 4) is 11.5 Å². The zero-order valence-electron chi connectivity index (χ0n) is 9.99. The van der Waals surface area contributed by atoms with Crippen molar-refractivity contribution in [3.63, 3.8) is 0 Å². The van der Waals surface area contributed by atoms with Gasteiger partial charge < -0.3 is 14.6 Å². The van der Waals surface area contributed by atoms with E-state index in [1.807, 2.05) is 18.2 Å². The highest BCUT2D eigenvalue weighted by atomic mass is 16.5. The molecule has 16 heavy (non-hydrogen) atoms. The monoisotopic (exact) mass is 222 g/mol. The van der Waals surface area contributed by atoms with Crippen LogP contribution in [0, 0.1) is 0 Å². The molecular weight excluding hydrogens is 204 g/mol. The van der Waals surface area contributed by atoms with E-state index in [0.717, 1.165) is 23.5 Å². The molecule has 1 atom stereocenters. The summed E-state index contributed by atoms with van der Waals surface area (Å²) in [7, 11) is 1.67. The lowest BCUT2D eigenvalue weighted by molar-refractivity contribution is 0.0332. The van der Waals surface area contributed by atoms with Gasteiger partial charge in [0, 0.05) is 18.4 Å². The molecule has 1 aliphatic heterocycles. The average molecular weight is 222 g/mol. The summed E-state index contributed by atoms with van der Waals surface area (Å²) in [6.45, 7) is 3.60. The lowest BCUT2D eigenvalue weighted by atomic mass is 9.98. The van der Waals surface area contributed by atoms with E-state index in [9.17, 15) is 5.11 Å². The summed E-state index contributed by atoms with van der Waals surface area (Å²) in [5.41, 5.74) is 0.416. The molecule has 0 amide bonds. The first kappa shape index (κ1) is 11.3. The minimum absolute atomic E-state index is 0.0475. The van der Waals surface area contributed by atoms with Crippen LogP contribution in [0.4, 0.5) is 0 Å². The molecule has 0 bridgehead atoms. The van der Waals surface area contributed by atoms with Crippen LogP contribution in [-0.4, -0.2) is 23.9 Å². The number of hydrogen-bond donors (Lipinski definition) is 1. The van der Waals surface area contributed by atoms with Crippen LogP contribution in [0.25, 0.3) is 0 Å². The summed E-state index contributed by atoms with van der Waals surface area (Å²) in [4.78, 5) is 0. The number of methoxy groups -OCH3 is 1. The Balaban J connectivity index is 2.15. The van der Waals surface area contributed by atoms with Gasteiger partial charge in [0.25, 0.3) is 0 Å². The zero-order valence-corrected chi connectivity index (χ0v) is 9.99. The van der Waals surface area contributed by atoms with Gasteiger partial charge in [-0.3, -0.25) is 0 Å². The molecule has 88 valence electrons. The van der Waals surface area contributed by atoms with Crippen LogP contribution in [0.15, 0.2) is 18.2 Å². The van der Waals surface area contributed by atoms with Crippen molar-refractivity contribution in [2.75, 3.05) is 7.11 Å². The van der Waals surface area contributed by atoms with Gasteiger partial charge in [-0.2, -0.15) is 0 Å². The van der Waals surface area contributed by atoms with Crippen molar-refractivity contribution in [2.45, 2.75) is 38.4 Å². The Morgan fingerprint density at radius 2 is 2.25 bits per heavy atom. The predicted octanol–water partition coefficient (Wildman–Crippen LogP) is 2.16. The van der Waals surface area contributed by atoms with E-state index in [2.05, 4.69) is 0 Å². The Morgan fingerprint density at radius 1 is 1.50 bits per heavy atom. The summed E-state index contributed by atoms with van der Waals surface area (Å²) in [5.74, 6) is 1.75. The molecule has 0 aromatic heterocycles. The number of ether oxygens (including phenoxy) is 2. The molecule has 3 nitrogen and oxygen atoms in total. The summed E-state index contributed by atoms with van der Waals surface area (Å²) < 4.78 is 11.1. The highest BCUT2D eigenvalue weighted by Crippen LogP contribution is 2.37. The maximum atomic E-state index is 9.77. The van der Waals surface area contributed by atoms with Gasteiger partial charge >= 0.3 is 0 Å². The van der Waals surface area contributed by atoms with Crippen LogP contribution in [-0.2, 0) is 6.42 Å². The molecule has 0 saturated heterocycles. The van der Waals surface area contributed by atoms with Crippen LogP contribution >= 0.6 is 0 Å². The van der Waals surface area contributed by atoms with Gasteiger partial charge in [-0.1, -0.05) is 6.07 Å². The molecule has 1 unspecified atom stereocenters. The largest absolute Gasteiger partial charge is 0.496 e. The van der Waals surface area contributed by atoms with Gasteiger partial charge in [-0.05, 0) is 26.0 Å². The van der Waals surface area contributed by atoms with Crippen LogP contribution in [0.5, 0.6) is 11.5 Å². The summed E-state index contributed by atoms with van der Waals surface area (Å²) in [6, 6.07) is 5.81. The number of hydrogen-bond acceptors (Lipinski definition) is 3. The molecule has 1 heterocycles. The first-order valence-electron chi connectivity index (χ1n) is 5.54. The van der Waals surface area contributed by atoms with Crippen molar-refractivity contribution in [3.05, 3.63) is 23.8 Å². The van der Waals surface area contributed by atoms with Crippen LogP contribution in [0.2, 0.25) is 0 Å². The van der Waals surface area contributed by atoms with Gasteiger partial charge in [0.05, 0.1) is 12.7 Å². The fraction of sp³-hybridized carbons (Fsp3) is 0.538. The lowest BCUT2D eigenvalue weighted by Crippen LogP contribution is -2.28. The maximum Gasteiger partial charge on any atom is 0.126 e. The van der Waals surface area contributed by atoms with Gasteiger partial charge in [0.15, 0.2) is 0 Å². The Hall–Kier alpha value is -1.22. The number of fused-ring (bicyclic) bond motifs is 1. The van der Waals surface area contributed by atoms with Gasteiger partial charge in [-0.15, -0.1) is 0 Å². The third-order valence-electron chi connectivity index (χ3n) is 2.76. The third-order valence-corrected chi connectivity index (χ3v) is 2.76. The molecule has 0 spiro atoms. The maximum absolute atomic E-state index is 9.77. The fourth-order valence-electron chi connectivity index (χ4n) is 2.17. The number of rotatable bonds is 3. The van der Waals surface area contributed by atoms with Gasteiger partial charge in [-0.25, -0.2) is 0 Å². The molecule has 0 fully saturated rings. The van der Waals surface area contributed by atoms with Crippen molar-refractivity contribution < 1.29 is 14.6 Å². The Labute approximate surface area is 96.0 Å². The first-order valence-corrected chi connectivity index (χ1v) is 5.54. The van der Waals surface area contributed by atoms with Crippen molar-refractivity contribution in [1.29, 1.82) is 0 Å². The summed E-state index contributed by atoms with van der Waals surface area (Å²) >= 11 is 0. The molecule has 1 aromatic carbocycles. The molecule has 0 saturated carbocycles. The molecule has 1 N–H and O–H groups in total. The van der Waals surface area contributed by atoms with Crippen molar-refractivity contribution in [1.82, 2.24) is 0 Å². The van der Waals surface area contributed by atoms with Crippen molar-refractivity contribution in [2.24, 2.45) is 0 Å². The molecule has 2 rings (SSSR count). The minimum Gasteiger partial charge on any atom is -0.496 e. The second-order valence-electron chi connectivity index (χ2n) is 4.90. The smallest absolute Gasteiger partial charge is 0.126 e. The topological polar surface area (TPSA) is 38.7 Å². The van der Waals surface area contributed by atoms with Gasteiger partial charge in [0.1, 0.15) is 17.6 Å². The standard InChI is InChI=1S/C13H18O3/c1-13(2,14)8-9-7-10-11(15-3)5-4-6-12(10)16-9/h4-6,9,14H,7-8H2,1-3H3. The van der Waals surface area contributed by atoms with Crippen LogP contribution < -0.4 is 9.47 Å². The van der Waals surface area contributed by atoms with Gasteiger partial charge in [0.2, 0.25) is 0 Å². The molecule has 1 aromatic rings. The highest BCUT2D eigenvalue weighted by molar-refractivity contribution is 5.47. The number of benzene rings is 1. The van der Waals surface area contributed by atoms with Crippen LogP contribution in [0.1, 0.15) is 25.8 Å². The lowest BCUT2D eigenvalue weighted by Gasteiger charge is -2.21. The molecule has 1 aliphatic rings. The van der Waals surface area contributed by atoms with E-state index in [-0.39, 0.29) is 6.10 Å². The summed E-state index contributed by atoms with van der Waals surface area (Å²) in [5, 5.41) is 9.77. The molecule has 0 aliphatic carbocycles. The molecule has 0 radical (unpaired) electrons. The fourth-order valence-corrected chi connectivity index (χ4v) is 2.17. The summed E-state index contributed by atoms with van der Waals surface area (Å²) in [6.07, 6.45) is 1.49. The van der Waals surface area contributed by atoms with Crippen LogP contribution in [0.3, 0.4) is 0 Å².